The number of aliphatic hydroxyl groups is 2. The number of hydrogen-bond donors (Lipinski definition) is 3. The first-order valence-corrected chi connectivity index (χ1v) is 13.1. The average molecular weight is 516 g/mol. The summed E-state index contributed by atoms with van der Waals surface area (Å²) < 4.78 is 24.2. The zero-order valence-corrected chi connectivity index (χ0v) is 21.9. The van der Waals surface area contributed by atoms with Crippen molar-refractivity contribution < 1.29 is 38.7 Å². The molecule has 3 heterocycles. The van der Waals surface area contributed by atoms with Gasteiger partial charge in [-0.05, 0) is 38.0 Å². The van der Waals surface area contributed by atoms with Gasteiger partial charge in [-0.15, -0.1) is 0 Å². The Hall–Kier alpha value is -2.46. The van der Waals surface area contributed by atoms with Gasteiger partial charge in [0.15, 0.2) is 6.10 Å². The monoisotopic (exact) mass is 515 g/mol. The van der Waals surface area contributed by atoms with Crippen LogP contribution in [0.1, 0.15) is 44.6 Å². The molecule has 37 heavy (non-hydrogen) atoms. The summed E-state index contributed by atoms with van der Waals surface area (Å²) in [5, 5.41) is 22.1. The Morgan fingerprint density at radius 2 is 2.05 bits per heavy atom. The molecular weight excluding hydrogens is 478 g/mol. The van der Waals surface area contributed by atoms with Crippen molar-refractivity contribution >= 4 is 11.9 Å². The van der Waals surface area contributed by atoms with Gasteiger partial charge in [-0.2, -0.15) is 0 Å². The average Bonchev–Trinajstić information content (AvgIpc) is 3.46. The van der Waals surface area contributed by atoms with E-state index >= 15 is 0 Å². The van der Waals surface area contributed by atoms with E-state index in [0.29, 0.717) is 5.69 Å². The molecule has 1 aromatic rings. The predicted molar refractivity (Wildman–Crippen MR) is 132 cm³/mol. The fourth-order valence-electron chi connectivity index (χ4n) is 7.14. The number of esters is 2. The summed E-state index contributed by atoms with van der Waals surface area (Å²) in [6.07, 6.45) is 3.53. The van der Waals surface area contributed by atoms with Crippen molar-refractivity contribution in [1.29, 1.82) is 0 Å². The third-order valence-corrected chi connectivity index (χ3v) is 8.94. The maximum atomic E-state index is 13.1. The summed E-state index contributed by atoms with van der Waals surface area (Å²) in [7, 11) is 1.46. The van der Waals surface area contributed by atoms with Crippen LogP contribution in [0, 0.1) is 29.6 Å². The van der Waals surface area contributed by atoms with Crippen LogP contribution >= 0.6 is 0 Å². The minimum Gasteiger partial charge on any atom is -0.457 e. The molecule has 1 saturated heterocycles. The van der Waals surface area contributed by atoms with Gasteiger partial charge in [0.2, 0.25) is 0 Å². The van der Waals surface area contributed by atoms with E-state index in [0.717, 1.165) is 5.57 Å². The molecule has 4 bridgehead atoms. The van der Waals surface area contributed by atoms with Gasteiger partial charge in [-0.25, -0.2) is 9.59 Å². The lowest BCUT2D eigenvalue weighted by Crippen LogP contribution is -2.57. The Balaban J connectivity index is 1.58. The van der Waals surface area contributed by atoms with Crippen LogP contribution in [-0.2, 0) is 23.7 Å². The quantitative estimate of drug-likeness (QED) is 0.412. The molecule has 2 fully saturated rings. The Morgan fingerprint density at radius 1 is 1.30 bits per heavy atom. The minimum absolute atomic E-state index is 0.175. The molecule has 2 aliphatic heterocycles. The number of aliphatic hydroxyl groups excluding tert-OH is 2. The van der Waals surface area contributed by atoms with Crippen LogP contribution in [0.4, 0.5) is 0 Å². The zero-order chi connectivity index (χ0) is 26.6. The van der Waals surface area contributed by atoms with Crippen LogP contribution in [0.3, 0.4) is 0 Å². The van der Waals surface area contributed by atoms with Gasteiger partial charge in [-0.1, -0.05) is 32.1 Å². The normalized spacial score (nSPS) is 45.3. The van der Waals surface area contributed by atoms with Crippen molar-refractivity contribution in [1.82, 2.24) is 4.98 Å². The van der Waals surface area contributed by atoms with Gasteiger partial charge in [0.25, 0.3) is 0 Å². The van der Waals surface area contributed by atoms with E-state index in [-0.39, 0.29) is 36.0 Å². The summed E-state index contributed by atoms with van der Waals surface area (Å²) in [5.74, 6) is -2.49. The SMILES string of the molecule is CO[C@@H]1C[C@H]2C=C[C@H]3[C@H]4O[C@]2(/C(C)=C/[C@@H](C)[C@@H]([C@H](C)O)OC1=O)[C@@H]3[C@H](O)[C@@H](C)[C@H]4OC(=O)c1ccc[nH]1. The fraction of sp³-hybridized carbons (Fsp3) is 0.643. The highest BCUT2D eigenvalue weighted by Crippen LogP contribution is 2.61. The van der Waals surface area contributed by atoms with Crippen LogP contribution in [0.5, 0.6) is 0 Å². The maximum Gasteiger partial charge on any atom is 0.355 e. The molecule has 12 atom stereocenters. The summed E-state index contributed by atoms with van der Waals surface area (Å²) in [4.78, 5) is 28.8. The smallest absolute Gasteiger partial charge is 0.355 e. The van der Waals surface area contributed by atoms with E-state index in [1.54, 1.807) is 25.3 Å². The van der Waals surface area contributed by atoms with Crippen molar-refractivity contribution in [3.05, 3.63) is 47.8 Å². The minimum atomic E-state index is -0.933. The highest BCUT2D eigenvalue weighted by atomic mass is 16.6. The number of aromatic amines is 1. The number of ether oxygens (including phenoxy) is 4. The molecule has 9 nitrogen and oxygen atoms in total. The van der Waals surface area contributed by atoms with Gasteiger partial charge in [0.1, 0.15) is 29.6 Å². The van der Waals surface area contributed by atoms with Crippen LogP contribution in [0.15, 0.2) is 42.1 Å². The number of methoxy groups -OCH3 is 1. The molecule has 1 aromatic heterocycles. The number of carbonyl (C=O) groups excluding carboxylic acids is 2. The fourth-order valence-corrected chi connectivity index (χ4v) is 7.14. The lowest BCUT2D eigenvalue weighted by molar-refractivity contribution is -0.172. The number of hydrogen-bond acceptors (Lipinski definition) is 8. The molecule has 1 saturated carbocycles. The van der Waals surface area contributed by atoms with Crippen LogP contribution in [-0.4, -0.2) is 76.5 Å². The number of H-pyrrole nitrogens is 1. The molecule has 0 unspecified atom stereocenters. The summed E-state index contributed by atoms with van der Waals surface area (Å²) >= 11 is 0. The lowest BCUT2D eigenvalue weighted by Gasteiger charge is -2.48. The van der Waals surface area contributed by atoms with Gasteiger partial charge in [0.05, 0.1) is 12.2 Å². The Morgan fingerprint density at radius 3 is 2.70 bits per heavy atom. The Bertz CT molecular complexity index is 1080. The predicted octanol–water partition coefficient (Wildman–Crippen LogP) is 2.40. The van der Waals surface area contributed by atoms with E-state index in [4.69, 9.17) is 18.9 Å². The van der Waals surface area contributed by atoms with Crippen molar-refractivity contribution in [2.45, 2.75) is 76.3 Å². The van der Waals surface area contributed by atoms with Crippen molar-refractivity contribution in [3.8, 4) is 0 Å². The summed E-state index contributed by atoms with van der Waals surface area (Å²) in [6, 6.07) is 3.37. The van der Waals surface area contributed by atoms with E-state index in [1.165, 1.54) is 7.11 Å². The molecule has 2 aliphatic carbocycles. The summed E-state index contributed by atoms with van der Waals surface area (Å²) in [5.41, 5.74) is 0.301. The Kier molecular flexibility index (Phi) is 6.85. The van der Waals surface area contributed by atoms with Gasteiger partial charge in [-0.3, -0.25) is 0 Å². The standard InChI is InChI=1S/C28H37NO8/c1-13-11-14(2)28-17(12-20(34-5)27(33)35-23(13)16(4)30)8-9-18-21(28)22(31)15(3)24(25(18)37-28)36-26(32)19-7-6-10-29-19/h6-11,13,15-18,20-25,29-31H,12H2,1-5H3/b14-11+/t13-,15-,16+,17-,18-,20-,21+,22-,23+,24-,25-,28+/m1/s1. The topological polar surface area (TPSA) is 127 Å². The zero-order valence-electron chi connectivity index (χ0n) is 21.9. The van der Waals surface area contributed by atoms with Crippen LogP contribution in [0.25, 0.3) is 0 Å². The van der Waals surface area contributed by atoms with Crippen molar-refractivity contribution in [3.63, 3.8) is 0 Å². The highest BCUT2D eigenvalue weighted by Gasteiger charge is 2.69. The first-order chi connectivity index (χ1) is 17.6. The van der Waals surface area contributed by atoms with E-state index in [2.05, 4.69) is 4.98 Å². The van der Waals surface area contributed by atoms with E-state index in [9.17, 15) is 19.8 Å². The van der Waals surface area contributed by atoms with E-state index < -0.39 is 54.2 Å². The third kappa shape index (κ3) is 4.07. The third-order valence-electron chi connectivity index (χ3n) is 8.94. The second kappa shape index (κ2) is 9.69. The van der Waals surface area contributed by atoms with Gasteiger partial charge < -0.3 is 34.1 Å². The van der Waals surface area contributed by atoms with Crippen molar-refractivity contribution in [2.75, 3.05) is 7.11 Å². The van der Waals surface area contributed by atoms with E-state index in [1.807, 2.05) is 39.0 Å². The molecule has 3 N–H and O–H groups in total. The van der Waals surface area contributed by atoms with Crippen LogP contribution < -0.4 is 0 Å². The Labute approximate surface area is 216 Å². The second-order valence-electron chi connectivity index (χ2n) is 11.1. The molecule has 0 amide bonds. The number of cyclic esters (lactones) is 1. The maximum absolute atomic E-state index is 13.1. The molecule has 9 heteroatoms. The summed E-state index contributed by atoms with van der Waals surface area (Å²) in [6.45, 7) is 7.35. The molecule has 202 valence electrons. The van der Waals surface area contributed by atoms with Gasteiger partial charge in [0, 0.05) is 42.9 Å². The molecular formula is C28H37NO8. The molecule has 1 spiro atoms. The number of carbonyl (C=O) groups is 2. The van der Waals surface area contributed by atoms with Crippen molar-refractivity contribution in [2.24, 2.45) is 29.6 Å². The molecule has 0 aromatic carbocycles. The van der Waals surface area contributed by atoms with Gasteiger partial charge >= 0.3 is 11.9 Å². The number of aromatic nitrogens is 1. The first kappa shape index (κ1) is 26.2. The molecule has 4 aliphatic rings. The lowest BCUT2D eigenvalue weighted by atomic mass is 9.57. The molecule has 5 rings (SSSR count). The largest absolute Gasteiger partial charge is 0.457 e. The molecule has 0 radical (unpaired) electrons. The number of nitrogens with one attached hydrogen (secondary N) is 1. The second-order valence-corrected chi connectivity index (χ2v) is 11.1. The number of rotatable bonds is 4. The first-order valence-electron chi connectivity index (χ1n) is 13.1. The van der Waals surface area contributed by atoms with Crippen LogP contribution in [0.2, 0.25) is 0 Å². The highest BCUT2D eigenvalue weighted by molar-refractivity contribution is 5.87.